The van der Waals surface area contributed by atoms with Gasteiger partial charge in [-0.05, 0) is 169 Å². The van der Waals surface area contributed by atoms with Crippen LogP contribution in [0.1, 0.15) is 89.3 Å². The predicted molar refractivity (Wildman–Crippen MR) is 359 cm³/mol. The molecule has 0 heterocycles. The van der Waals surface area contributed by atoms with Crippen LogP contribution in [-0.2, 0) is 52.9 Å². The SMILES string of the molecule is Cc1ccc(C[C@@H](CO)CC(=O)[C@H](Cc2ccccc2)NC(=O)c2ccccc2)cc1.O=C(N[C@@H](Cc1ccc(F)cc1)C(=O)C[C@H](CO)Cc1ccccc1)c1ccc(F)cc1.O=C(N[C@@H](Cc1ccc(F)cc1)C(=O)C[C@H](CO)Cc1ccccc1)c1ccccc1. The Balaban J connectivity index is 0.000000200. The average Bonchev–Trinajstić information content (AvgIpc) is 2.29. The van der Waals surface area contributed by atoms with Gasteiger partial charge in [-0.25, -0.2) is 13.2 Å². The number of aliphatic hydroxyl groups is 3. The summed E-state index contributed by atoms with van der Waals surface area (Å²) >= 11 is 0. The fraction of sp³-hybridized carbons (Fsp3) is 0.241. The third-order valence-electron chi connectivity index (χ3n) is 15.9. The van der Waals surface area contributed by atoms with Gasteiger partial charge in [-0.15, -0.1) is 0 Å². The van der Waals surface area contributed by atoms with E-state index in [0.717, 1.165) is 27.8 Å². The van der Waals surface area contributed by atoms with Crippen LogP contribution in [-0.4, -0.2) is 88.3 Å². The Hall–Kier alpha value is -9.93. The van der Waals surface area contributed by atoms with Gasteiger partial charge in [-0.1, -0.05) is 181 Å². The quantitative estimate of drug-likeness (QED) is 0.0254. The number of hydrogen-bond acceptors (Lipinski definition) is 9. The van der Waals surface area contributed by atoms with Crippen LogP contribution in [0.3, 0.4) is 0 Å². The number of carbonyl (C=O) groups is 6. The Bertz CT molecular complexity index is 3760. The number of Topliss-reactive ketones (excluding diaryl/α,β-unsaturated/α-hetero) is 3. The second-order valence-electron chi connectivity index (χ2n) is 23.4. The molecule has 9 aromatic rings. The minimum atomic E-state index is -0.872. The van der Waals surface area contributed by atoms with Crippen molar-refractivity contribution < 1.29 is 57.3 Å². The van der Waals surface area contributed by atoms with Gasteiger partial charge in [0.15, 0.2) is 17.3 Å². The molecule has 0 aliphatic rings. The average molecular weight is 1270 g/mol. The Morgan fingerprint density at radius 3 is 0.809 bits per heavy atom. The first-order valence-electron chi connectivity index (χ1n) is 31.4. The first-order valence-corrected chi connectivity index (χ1v) is 31.4. The molecule has 486 valence electrons. The summed E-state index contributed by atoms with van der Waals surface area (Å²) in [5, 5.41) is 38.0. The number of amides is 3. The monoisotopic (exact) mass is 1270 g/mol. The summed E-state index contributed by atoms with van der Waals surface area (Å²) in [5.74, 6) is -3.55. The van der Waals surface area contributed by atoms with E-state index >= 15 is 0 Å². The molecule has 0 bridgehead atoms. The van der Waals surface area contributed by atoms with Crippen LogP contribution < -0.4 is 16.0 Å². The van der Waals surface area contributed by atoms with Crippen LogP contribution in [0.2, 0.25) is 0 Å². The molecule has 12 nitrogen and oxygen atoms in total. The summed E-state index contributed by atoms with van der Waals surface area (Å²) in [6, 6.07) is 68.9. The lowest BCUT2D eigenvalue weighted by atomic mass is 9.90. The highest BCUT2D eigenvalue weighted by molar-refractivity contribution is 5.99. The molecule has 0 aliphatic carbocycles. The molecule has 9 rings (SSSR count). The Morgan fingerprint density at radius 1 is 0.298 bits per heavy atom. The molecular weight excluding hydrogens is 1190 g/mol. The summed E-state index contributed by atoms with van der Waals surface area (Å²) in [6.07, 6.45) is 2.96. The molecule has 0 aromatic heterocycles. The van der Waals surface area contributed by atoms with Crippen molar-refractivity contribution in [2.24, 2.45) is 17.8 Å². The third kappa shape index (κ3) is 24.6. The minimum Gasteiger partial charge on any atom is -0.396 e. The van der Waals surface area contributed by atoms with Crippen molar-refractivity contribution in [3.63, 3.8) is 0 Å². The summed E-state index contributed by atoms with van der Waals surface area (Å²) in [7, 11) is 0. The second kappa shape index (κ2) is 38.2. The third-order valence-corrected chi connectivity index (χ3v) is 15.9. The zero-order valence-corrected chi connectivity index (χ0v) is 52.5. The van der Waals surface area contributed by atoms with Gasteiger partial charge in [-0.2, -0.15) is 0 Å². The van der Waals surface area contributed by atoms with Crippen molar-refractivity contribution in [2.45, 2.75) is 82.8 Å². The van der Waals surface area contributed by atoms with Crippen molar-refractivity contribution in [2.75, 3.05) is 19.8 Å². The van der Waals surface area contributed by atoms with E-state index in [0.29, 0.717) is 42.4 Å². The highest BCUT2D eigenvalue weighted by Gasteiger charge is 2.28. The maximum Gasteiger partial charge on any atom is 0.251 e. The molecule has 0 saturated heterocycles. The number of benzene rings is 9. The lowest BCUT2D eigenvalue weighted by Crippen LogP contribution is -2.43. The van der Waals surface area contributed by atoms with E-state index in [1.807, 2.05) is 134 Å². The van der Waals surface area contributed by atoms with Crippen LogP contribution in [0.25, 0.3) is 0 Å². The number of ketones is 3. The molecule has 0 unspecified atom stereocenters. The van der Waals surface area contributed by atoms with Crippen molar-refractivity contribution in [3.05, 3.63) is 322 Å². The first-order chi connectivity index (χ1) is 45.5. The topological polar surface area (TPSA) is 199 Å². The smallest absolute Gasteiger partial charge is 0.251 e. The molecule has 15 heteroatoms. The first kappa shape index (κ1) is 71.5. The van der Waals surface area contributed by atoms with Crippen LogP contribution in [0.5, 0.6) is 0 Å². The molecule has 0 saturated carbocycles. The van der Waals surface area contributed by atoms with E-state index in [2.05, 4.69) is 16.0 Å². The zero-order chi connectivity index (χ0) is 67.0. The summed E-state index contributed by atoms with van der Waals surface area (Å²) in [5.41, 5.74) is 7.93. The molecular formula is C79H80F3N3O9. The van der Waals surface area contributed by atoms with Gasteiger partial charge in [0.1, 0.15) is 17.5 Å². The standard InChI is InChI=1S/C27H29NO3.C26H25F2NO3.C26H26FNO3/c1-20-12-14-22(15-13-20)16-23(19-29)18-26(30)25(17-21-8-4-2-5-9-21)28-27(31)24-10-6-3-7-11-24;27-22-10-6-19(7-11-22)15-24(29-26(32)21-8-12-23(28)13-9-21)25(31)16-20(17-30)14-18-4-2-1-3-5-18;27-23-13-11-20(12-14-23)16-24(28-26(31)22-9-5-2-6-10-22)25(30)17-21(18-29)15-19-7-3-1-4-8-19/h2-15,23,25,29H,16-19H2,1H3,(H,28,31);1-13,20,24,30H,14-17H2,(H,29,32);1-14,21,24,29H,15-18H2,(H,28,31)/t23-,25+;20-,24+;21-,24+/m111/s1. The number of rotatable bonds is 30. The fourth-order valence-electron chi connectivity index (χ4n) is 10.6. The summed E-state index contributed by atoms with van der Waals surface area (Å²) < 4.78 is 39.7. The van der Waals surface area contributed by atoms with Gasteiger partial charge < -0.3 is 31.3 Å². The van der Waals surface area contributed by atoms with Crippen molar-refractivity contribution in [1.29, 1.82) is 0 Å². The Kier molecular flexibility index (Phi) is 29.0. The zero-order valence-electron chi connectivity index (χ0n) is 52.5. The van der Waals surface area contributed by atoms with Crippen molar-refractivity contribution >= 4 is 35.1 Å². The normalized spacial score (nSPS) is 12.7. The van der Waals surface area contributed by atoms with Crippen LogP contribution in [0, 0.1) is 42.1 Å². The van der Waals surface area contributed by atoms with E-state index in [9.17, 15) is 57.3 Å². The van der Waals surface area contributed by atoms with Crippen LogP contribution >= 0.6 is 0 Å². The van der Waals surface area contributed by atoms with Gasteiger partial charge >= 0.3 is 0 Å². The van der Waals surface area contributed by atoms with E-state index < -0.39 is 35.7 Å². The summed E-state index contributed by atoms with van der Waals surface area (Å²) in [6.45, 7) is 1.65. The van der Waals surface area contributed by atoms with Crippen LogP contribution in [0.15, 0.2) is 249 Å². The molecule has 0 radical (unpaired) electrons. The molecule has 94 heavy (non-hydrogen) atoms. The maximum absolute atomic E-state index is 13.3. The predicted octanol–water partition coefficient (Wildman–Crippen LogP) is 12.2. The Labute approximate surface area is 548 Å². The Morgan fingerprint density at radius 2 is 0.521 bits per heavy atom. The lowest BCUT2D eigenvalue weighted by molar-refractivity contribution is -0.122. The van der Waals surface area contributed by atoms with E-state index in [4.69, 9.17) is 0 Å². The lowest BCUT2D eigenvalue weighted by Gasteiger charge is -2.21. The van der Waals surface area contributed by atoms with Gasteiger partial charge in [0.05, 0.1) is 18.1 Å². The van der Waals surface area contributed by atoms with Gasteiger partial charge in [-0.3, -0.25) is 28.8 Å². The molecule has 0 fully saturated rings. The van der Waals surface area contributed by atoms with Crippen molar-refractivity contribution in [3.8, 4) is 0 Å². The molecule has 6 atom stereocenters. The number of aliphatic hydroxyl groups excluding tert-OH is 3. The largest absolute Gasteiger partial charge is 0.396 e. The molecule has 0 aliphatic heterocycles. The number of aryl methyl sites for hydroxylation is 1. The van der Waals surface area contributed by atoms with Crippen molar-refractivity contribution in [1.82, 2.24) is 16.0 Å². The van der Waals surface area contributed by atoms with Gasteiger partial charge in [0, 0.05) is 55.8 Å². The summed E-state index contributed by atoms with van der Waals surface area (Å²) in [4.78, 5) is 77.5. The number of halogens is 3. The maximum atomic E-state index is 13.3. The van der Waals surface area contributed by atoms with Gasteiger partial charge in [0.25, 0.3) is 17.7 Å². The minimum absolute atomic E-state index is 0.0701. The second-order valence-corrected chi connectivity index (χ2v) is 23.4. The highest BCUT2D eigenvalue weighted by Crippen LogP contribution is 2.21. The molecule has 3 amide bonds. The fourth-order valence-corrected chi connectivity index (χ4v) is 10.6. The number of carbonyl (C=O) groups excluding carboxylic acids is 6. The number of hydrogen-bond donors (Lipinski definition) is 6. The molecule has 9 aromatic carbocycles. The van der Waals surface area contributed by atoms with E-state index in [-0.39, 0.29) is 110 Å². The molecule has 0 spiro atoms. The van der Waals surface area contributed by atoms with E-state index in [1.54, 1.807) is 72.8 Å². The van der Waals surface area contributed by atoms with Gasteiger partial charge in [0.2, 0.25) is 0 Å². The van der Waals surface area contributed by atoms with E-state index in [1.165, 1.54) is 54.1 Å². The number of nitrogens with one attached hydrogen (secondary N) is 3. The highest BCUT2D eigenvalue weighted by atomic mass is 19.1. The van der Waals surface area contributed by atoms with Crippen LogP contribution in [0.4, 0.5) is 13.2 Å². The molecule has 6 N–H and O–H groups in total.